The maximum Gasteiger partial charge on any atom is 0.326 e. The Morgan fingerprint density at radius 1 is 0.486 bits per heavy atom. The van der Waals surface area contributed by atoms with E-state index in [1.54, 1.807) is 97.1 Å². The van der Waals surface area contributed by atoms with Gasteiger partial charge >= 0.3 is 11.9 Å². The van der Waals surface area contributed by atoms with Crippen molar-refractivity contribution in [2.45, 2.75) is 101 Å². The summed E-state index contributed by atoms with van der Waals surface area (Å²) in [6.07, 6.45) is -1.22. The third kappa shape index (κ3) is 13.0. The van der Waals surface area contributed by atoms with Crippen LogP contribution in [-0.4, -0.2) is 68.1 Å². The second-order valence-corrected chi connectivity index (χ2v) is 19.4. The number of rotatable bonds is 16. The minimum Gasteiger partial charge on any atom is -0.480 e. The molecular formula is C56H52Cl4F2N2O8. The molecule has 0 radical (unpaired) electrons. The Morgan fingerprint density at radius 2 is 0.764 bits per heavy atom. The normalized spacial score (nSPS) is 20.8. The van der Waals surface area contributed by atoms with E-state index in [0.717, 1.165) is 11.1 Å². The highest BCUT2D eigenvalue weighted by Crippen LogP contribution is 2.46. The van der Waals surface area contributed by atoms with E-state index in [1.165, 1.54) is 34.1 Å². The summed E-state index contributed by atoms with van der Waals surface area (Å²) in [6, 6.07) is 36.3. The Kier molecular flexibility index (Phi) is 18.5. The molecule has 2 N–H and O–H groups in total. The maximum absolute atomic E-state index is 13.9. The first-order valence-corrected chi connectivity index (χ1v) is 25.0. The van der Waals surface area contributed by atoms with Gasteiger partial charge in [0, 0.05) is 32.9 Å². The van der Waals surface area contributed by atoms with E-state index < -0.39 is 72.3 Å². The number of carboxylic acids is 2. The van der Waals surface area contributed by atoms with E-state index in [0.29, 0.717) is 55.2 Å². The molecule has 0 spiro atoms. The molecule has 10 nitrogen and oxygen atoms in total. The van der Waals surface area contributed by atoms with Crippen LogP contribution in [-0.2, 0) is 41.5 Å². The van der Waals surface area contributed by atoms with Gasteiger partial charge in [-0.3, -0.25) is 9.59 Å². The Labute approximate surface area is 437 Å². The lowest BCUT2D eigenvalue weighted by Gasteiger charge is -2.47. The number of nitrogens with zero attached hydrogens (tertiary/aromatic N) is 2. The summed E-state index contributed by atoms with van der Waals surface area (Å²) in [5, 5.41) is 22.5. The number of aliphatic carboxylic acids is 2. The molecule has 0 unspecified atom stereocenters. The van der Waals surface area contributed by atoms with Crippen molar-refractivity contribution in [3.8, 4) is 0 Å². The Balaban J connectivity index is 0.000000211. The lowest BCUT2D eigenvalue weighted by Crippen LogP contribution is -2.57. The molecule has 8 atom stereocenters. The van der Waals surface area contributed by atoms with Crippen molar-refractivity contribution in [2.24, 2.45) is 0 Å². The zero-order chi connectivity index (χ0) is 51.6. The van der Waals surface area contributed by atoms with Crippen molar-refractivity contribution < 1.29 is 47.6 Å². The first-order chi connectivity index (χ1) is 34.6. The Hall–Kier alpha value is -5.86. The molecular weight excluding hydrogens is 1010 g/mol. The first kappa shape index (κ1) is 53.9. The monoisotopic (exact) mass is 1060 g/mol. The molecule has 6 aromatic rings. The Morgan fingerprint density at radius 3 is 1.03 bits per heavy atom. The molecule has 0 aromatic heterocycles. The average Bonchev–Trinajstić information content (AvgIpc) is 3.36. The molecule has 376 valence electrons. The van der Waals surface area contributed by atoms with Gasteiger partial charge in [-0.15, -0.1) is 0 Å². The van der Waals surface area contributed by atoms with Crippen molar-refractivity contribution in [2.75, 3.05) is 0 Å². The second kappa shape index (κ2) is 24.7. The summed E-state index contributed by atoms with van der Waals surface area (Å²) < 4.78 is 39.8. The number of carbonyl (C=O) groups excluding carboxylic acids is 2. The number of morpholine rings is 2. The lowest BCUT2D eigenvalue weighted by molar-refractivity contribution is -0.184. The van der Waals surface area contributed by atoms with Gasteiger partial charge in [-0.1, -0.05) is 146 Å². The molecule has 2 aliphatic rings. The predicted octanol–water partition coefficient (Wildman–Crippen LogP) is 13.3. The summed E-state index contributed by atoms with van der Waals surface area (Å²) >= 11 is 24.5. The fourth-order valence-corrected chi connectivity index (χ4v) is 9.78. The zero-order valence-electron chi connectivity index (χ0n) is 39.2. The van der Waals surface area contributed by atoms with Crippen molar-refractivity contribution >= 4 is 70.2 Å². The van der Waals surface area contributed by atoms with E-state index in [2.05, 4.69) is 0 Å². The summed E-state index contributed by atoms with van der Waals surface area (Å²) in [5.41, 5.74) is 4.32. The van der Waals surface area contributed by atoms with Crippen molar-refractivity contribution in [3.63, 3.8) is 0 Å². The minimum absolute atomic E-state index is 0.172. The molecule has 2 amide bonds. The SMILES string of the molecule is CCC[C@@H](C(=O)O)N1C(=O)[C@@H](Cc2ccc(F)cc2)O[C@H](c2ccc(Cl)cc2)[C@@H]1c1ccc(Cl)cc1.CCC[C@H](C(=O)O)N1C(=O)[C@H](Cc2ccc(F)cc2)O[C@@H](c2ccc(Cl)cc2)[C@H]1c1ccc(Cl)cc1. The quantitative estimate of drug-likeness (QED) is 0.0979. The minimum atomic E-state index is -1.08. The number of halogens is 6. The summed E-state index contributed by atoms with van der Waals surface area (Å²) in [4.78, 5) is 55.6. The van der Waals surface area contributed by atoms with Gasteiger partial charge in [-0.05, 0) is 119 Å². The molecule has 0 bridgehead atoms. The average molecular weight is 1060 g/mol. The van der Waals surface area contributed by atoms with E-state index in [9.17, 15) is 38.2 Å². The van der Waals surface area contributed by atoms with Crippen LogP contribution in [0, 0.1) is 11.6 Å². The zero-order valence-corrected chi connectivity index (χ0v) is 42.2. The van der Waals surface area contributed by atoms with Crippen molar-refractivity contribution in [1.29, 1.82) is 0 Å². The number of amides is 2. The molecule has 0 aliphatic carbocycles. The Bertz CT molecular complexity index is 2600. The van der Waals surface area contributed by atoms with Crippen molar-refractivity contribution in [1.82, 2.24) is 9.80 Å². The molecule has 6 aromatic carbocycles. The van der Waals surface area contributed by atoms with E-state index in [1.807, 2.05) is 38.1 Å². The number of carboxylic acid groups (broad SMARTS) is 2. The predicted molar refractivity (Wildman–Crippen MR) is 273 cm³/mol. The van der Waals surface area contributed by atoms with E-state index in [4.69, 9.17) is 55.9 Å². The van der Waals surface area contributed by atoms with Gasteiger partial charge < -0.3 is 29.5 Å². The van der Waals surface area contributed by atoms with Crippen LogP contribution >= 0.6 is 46.4 Å². The fraction of sp³-hybridized carbons (Fsp3) is 0.286. The third-order valence-electron chi connectivity index (χ3n) is 12.7. The van der Waals surface area contributed by atoms with Gasteiger partial charge in [0.2, 0.25) is 0 Å². The van der Waals surface area contributed by atoms with Crippen LogP contribution < -0.4 is 0 Å². The second-order valence-electron chi connectivity index (χ2n) is 17.6. The van der Waals surface area contributed by atoms with Crippen LogP contribution in [0.2, 0.25) is 20.1 Å². The molecule has 8 rings (SSSR count). The maximum atomic E-state index is 13.9. The van der Waals surface area contributed by atoms with Crippen LogP contribution in [0.1, 0.15) is 97.2 Å². The molecule has 2 fully saturated rings. The van der Waals surface area contributed by atoms with Crippen LogP contribution in [0.5, 0.6) is 0 Å². The van der Waals surface area contributed by atoms with Gasteiger partial charge in [0.15, 0.2) is 0 Å². The summed E-state index contributed by atoms with van der Waals surface area (Å²) in [5.74, 6) is -3.78. The van der Waals surface area contributed by atoms with Gasteiger partial charge in [0.25, 0.3) is 11.8 Å². The smallest absolute Gasteiger partial charge is 0.326 e. The van der Waals surface area contributed by atoms with Crippen molar-refractivity contribution in [3.05, 3.63) is 211 Å². The number of hydrogen-bond acceptors (Lipinski definition) is 6. The first-order valence-electron chi connectivity index (χ1n) is 23.5. The fourth-order valence-electron chi connectivity index (χ4n) is 9.28. The van der Waals surface area contributed by atoms with Gasteiger partial charge in [0.1, 0.15) is 48.1 Å². The van der Waals surface area contributed by atoms with Gasteiger partial charge in [-0.2, -0.15) is 0 Å². The summed E-state index contributed by atoms with van der Waals surface area (Å²) in [7, 11) is 0. The largest absolute Gasteiger partial charge is 0.480 e. The molecule has 0 saturated carbocycles. The molecule has 2 heterocycles. The topological polar surface area (TPSA) is 134 Å². The van der Waals surface area contributed by atoms with E-state index >= 15 is 0 Å². The number of benzene rings is 6. The highest BCUT2D eigenvalue weighted by molar-refractivity contribution is 6.31. The number of hydrogen-bond donors (Lipinski definition) is 2. The van der Waals surface area contributed by atoms with Crippen LogP contribution in [0.4, 0.5) is 8.78 Å². The highest BCUT2D eigenvalue weighted by atomic mass is 35.5. The van der Waals surface area contributed by atoms with E-state index in [-0.39, 0.29) is 37.3 Å². The molecule has 2 saturated heterocycles. The molecule has 72 heavy (non-hydrogen) atoms. The van der Waals surface area contributed by atoms with Crippen LogP contribution in [0.25, 0.3) is 0 Å². The number of ether oxygens (including phenoxy) is 2. The van der Waals surface area contributed by atoms with Crippen LogP contribution in [0.15, 0.2) is 146 Å². The van der Waals surface area contributed by atoms with Gasteiger partial charge in [0.05, 0.1) is 12.1 Å². The molecule has 16 heteroatoms. The molecule has 2 aliphatic heterocycles. The van der Waals surface area contributed by atoms with Crippen LogP contribution in [0.3, 0.4) is 0 Å². The lowest BCUT2D eigenvalue weighted by atomic mass is 9.88. The standard InChI is InChI=1S/2C28H26Cl2FNO4/c2*1-2-3-23(28(34)35)32-25(18-6-10-20(29)11-7-18)26(19-8-12-21(30)13-9-19)36-24(27(32)33)16-17-4-14-22(31)15-5-17/h2*4-15,23-26H,2-3,16H2,1H3,(H,34,35)/t2*23-,24+,25-,26+/m10/s1. The number of carbonyl (C=O) groups is 4. The summed E-state index contributed by atoms with van der Waals surface area (Å²) in [6.45, 7) is 3.76. The third-order valence-corrected chi connectivity index (χ3v) is 13.7. The highest BCUT2D eigenvalue weighted by Gasteiger charge is 2.50. The van der Waals surface area contributed by atoms with Gasteiger partial charge in [-0.25, -0.2) is 18.4 Å².